The van der Waals surface area contributed by atoms with Gasteiger partial charge in [0.05, 0.1) is 16.5 Å². The van der Waals surface area contributed by atoms with Crippen molar-refractivity contribution >= 4 is 22.4 Å². The molecule has 1 aliphatic rings. The van der Waals surface area contributed by atoms with E-state index in [1.807, 2.05) is 6.07 Å². The topological polar surface area (TPSA) is 82.0 Å². The van der Waals surface area contributed by atoms with Crippen LogP contribution < -0.4 is 10.0 Å². The largest absolute Gasteiger partial charge is 0.316 e. The molecule has 5 nitrogen and oxygen atoms in total. The zero-order valence-corrected chi connectivity index (χ0v) is 13.6. The molecule has 1 saturated heterocycles. The van der Waals surface area contributed by atoms with E-state index in [0.717, 1.165) is 25.9 Å². The molecule has 0 bridgehead atoms. The number of nitriles is 1. The van der Waals surface area contributed by atoms with E-state index in [1.165, 1.54) is 12.1 Å². The molecule has 1 aromatic carbocycles. The standard InChI is InChI=1S/C14H19N3O2S.ClH/c1-14(6-3-7-16-10-14)11-17-20(18,19)13-5-2-4-12(8-13)9-15;/h2,4-5,8,16-17H,3,6-7,10-11H2,1H3;1H. The van der Waals surface area contributed by atoms with E-state index in [1.54, 1.807) is 12.1 Å². The molecule has 2 N–H and O–H groups in total. The summed E-state index contributed by atoms with van der Waals surface area (Å²) in [6.45, 7) is 4.28. The van der Waals surface area contributed by atoms with Gasteiger partial charge in [-0.25, -0.2) is 13.1 Å². The summed E-state index contributed by atoms with van der Waals surface area (Å²) in [5.74, 6) is 0. The van der Waals surface area contributed by atoms with E-state index < -0.39 is 10.0 Å². The van der Waals surface area contributed by atoms with Gasteiger partial charge in [-0.1, -0.05) is 13.0 Å². The first kappa shape index (κ1) is 17.9. The van der Waals surface area contributed by atoms with Crippen molar-refractivity contribution in [1.82, 2.24) is 10.0 Å². The van der Waals surface area contributed by atoms with Gasteiger partial charge in [0.25, 0.3) is 0 Å². The predicted molar refractivity (Wildman–Crippen MR) is 83.8 cm³/mol. The summed E-state index contributed by atoms with van der Waals surface area (Å²) >= 11 is 0. The summed E-state index contributed by atoms with van der Waals surface area (Å²) < 4.78 is 27.1. The van der Waals surface area contributed by atoms with Gasteiger partial charge in [-0.3, -0.25) is 0 Å². The number of nitrogens with one attached hydrogen (secondary N) is 2. The van der Waals surface area contributed by atoms with Crippen LogP contribution in [0.2, 0.25) is 0 Å². The summed E-state index contributed by atoms with van der Waals surface area (Å²) in [6, 6.07) is 8.02. The van der Waals surface area contributed by atoms with Gasteiger partial charge in [-0.15, -0.1) is 12.4 Å². The summed E-state index contributed by atoms with van der Waals surface area (Å²) in [5, 5.41) is 12.1. The van der Waals surface area contributed by atoms with Crippen molar-refractivity contribution in [2.45, 2.75) is 24.7 Å². The average molecular weight is 330 g/mol. The van der Waals surface area contributed by atoms with E-state index in [0.29, 0.717) is 12.1 Å². The molecule has 1 heterocycles. The Morgan fingerprint density at radius 1 is 1.48 bits per heavy atom. The van der Waals surface area contributed by atoms with E-state index in [2.05, 4.69) is 17.0 Å². The van der Waals surface area contributed by atoms with Crippen LogP contribution in [-0.2, 0) is 10.0 Å². The van der Waals surface area contributed by atoms with Crippen molar-refractivity contribution in [2.24, 2.45) is 5.41 Å². The van der Waals surface area contributed by atoms with E-state index in [9.17, 15) is 8.42 Å². The van der Waals surface area contributed by atoms with Crippen molar-refractivity contribution < 1.29 is 8.42 Å². The Labute approximate surface area is 132 Å². The minimum Gasteiger partial charge on any atom is -0.316 e. The lowest BCUT2D eigenvalue weighted by molar-refractivity contribution is 0.238. The van der Waals surface area contributed by atoms with Gasteiger partial charge < -0.3 is 5.32 Å². The molecule has 1 atom stereocenters. The number of sulfonamides is 1. The molecule has 1 fully saturated rings. The molecule has 1 unspecified atom stereocenters. The van der Waals surface area contributed by atoms with Crippen LogP contribution in [-0.4, -0.2) is 28.1 Å². The molecule has 0 radical (unpaired) electrons. The second-order valence-electron chi connectivity index (χ2n) is 5.56. The number of hydrogen-bond acceptors (Lipinski definition) is 4. The summed E-state index contributed by atoms with van der Waals surface area (Å²) in [5.41, 5.74) is 0.288. The van der Waals surface area contributed by atoms with Gasteiger partial charge in [0, 0.05) is 13.1 Å². The highest BCUT2D eigenvalue weighted by atomic mass is 35.5. The smallest absolute Gasteiger partial charge is 0.240 e. The Bertz CT molecular complexity index is 619. The zero-order chi connectivity index (χ0) is 14.6. The molecule has 0 spiro atoms. The van der Waals surface area contributed by atoms with Crippen molar-refractivity contribution in [3.63, 3.8) is 0 Å². The SMILES string of the molecule is CC1(CNS(=O)(=O)c2cccc(C#N)c2)CCCNC1.Cl. The Kier molecular flexibility index (Phi) is 6.17. The number of hydrogen-bond donors (Lipinski definition) is 2. The summed E-state index contributed by atoms with van der Waals surface area (Å²) in [6.07, 6.45) is 2.06. The number of nitrogens with zero attached hydrogens (tertiary/aromatic N) is 1. The molecule has 7 heteroatoms. The molecule has 0 aliphatic carbocycles. The maximum absolute atomic E-state index is 12.2. The van der Waals surface area contributed by atoms with Gasteiger partial charge in [-0.05, 0) is 43.0 Å². The molecule has 2 rings (SSSR count). The van der Waals surface area contributed by atoms with Gasteiger partial charge in [0.15, 0.2) is 0 Å². The molecule has 21 heavy (non-hydrogen) atoms. The number of benzene rings is 1. The Balaban J connectivity index is 0.00000220. The van der Waals surface area contributed by atoms with Crippen molar-refractivity contribution in [2.75, 3.05) is 19.6 Å². The lowest BCUT2D eigenvalue weighted by Gasteiger charge is -2.34. The first-order chi connectivity index (χ1) is 9.45. The zero-order valence-electron chi connectivity index (χ0n) is 11.9. The lowest BCUT2D eigenvalue weighted by atomic mass is 9.83. The fourth-order valence-corrected chi connectivity index (χ4v) is 3.60. The molecular weight excluding hydrogens is 310 g/mol. The van der Waals surface area contributed by atoms with Gasteiger partial charge >= 0.3 is 0 Å². The van der Waals surface area contributed by atoms with Crippen LogP contribution in [0.4, 0.5) is 0 Å². The third kappa shape index (κ3) is 4.68. The Hall–Kier alpha value is -1.13. The molecule has 116 valence electrons. The molecular formula is C14H20ClN3O2S. The minimum atomic E-state index is -3.56. The van der Waals surface area contributed by atoms with Gasteiger partial charge in [-0.2, -0.15) is 5.26 Å². The highest BCUT2D eigenvalue weighted by molar-refractivity contribution is 7.89. The highest BCUT2D eigenvalue weighted by Crippen LogP contribution is 2.25. The van der Waals surface area contributed by atoms with Crippen LogP contribution >= 0.6 is 12.4 Å². The first-order valence-corrected chi connectivity index (χ1v) is 8.14. The van der Waals surface area contributed by atoms with Crippen LogP contribution in [0.1, 0.15) is 25.3 Å². The van der Waals surface area contributed by atoms with E-state index in [4.69, 9.17) is 5.26 Å². The third-order valence-electron chi connectivity index (χ3n) is 3.65. The Morgan fingerprint density at radius 2 is 2.24 bits per heavy atom. The fourth-order valence-electron chi connectivity index (χ4n) is 2.35. The molecule has 1 aliphatic heterocycles. The van der Waals surface area contributed by atoms with E-state index in [-0.39, 0.29) is 22.7 Å². The number of piperidine rings is 1. The molecule has 0 saturated carbocycles. The quantitative estimate of drug-likeness (QED) is 0.880. The molecule has 1 aromatic rings. The van der Waals surface area contributed by atoms with Crippen molar-refractivity contribution in [3.05, 3.63) is 29.8 Å². The van der Waals surface area contributed by atoms with Crippen molar-refractivity contribution in [1.29, 1.82) is 5.26 Å². The third-order valence-corrected chi connectivity index (χ3v) is 5.05. The van der Waals surface area contributed by atoms with Crippen LogP contribution in [0.5, 0.6) is 0 Å². The second kappa shape index (κ2) is 7.23. The summed E-state index contributed by atoms with van der Waals surface area (Å²) in [7, 11) is -3.56. The van der Waals surface area contributed by atoms with Gasteiger partial charge in [0.1, 0.15) is 0 Å². The van der Waals surface area contributed by atoms with E-state index >= 15 is 0 Å². The maximum Gasteiger partial charge on any atom is 0.240 e. The number of rotatable bonds is 4. The average Bonchev–Trinajstić information content (AvgIpc) is 2.46. The fraction of sp³-hybridized carbons (Fsp3) is 0.500. The predicted octanol–water partition coefficient (Wildman–Crippen LogP) is 1.65. The van der Waals surface area contributed by atoms with Crippen LogP contribution in [0.3, 0.4) is 0 Å². The normalized spacial score (nSPS) is 22.1. The first-order valence-electron chi connectivity index (χ1n) is 6.66. The highest BCUT2D eigenvalue weighted by Gasteiger charge is 2.28. The number of halogens is 1. The molecule has 0 aromatic heterocycles. The van der Waals surface area contributed by atoms with Crippen LogP contribution in [0, 0.1) is 16.7 Å². The Morgan fingerprint density at radius 3 is 2.86 bits per heavy atom. The summed E-state index contributed by atoms with van der Waals surface area (Å²) in [4.78, 5) is 0.143. The monoisotopic (exact) mass is 329 g/mol. The van der Waals surface area contributed by atoms with Crippen molar-refractivity contribution in [3.8, 4) is 6.07 Å². The lowest BCUT2D eigenvalue weighted by Crippen LogP contribution is -2.45. The minimum absolute atomic E-state index is 0. The van der Waals surface area contributed by atoms with Crippen LogP contribution in [0.15, 0.2) is 29.2 Å². The maximum atomic E-state index is 12.2. The van der Waals surface area contributed by atoms with Crippen LogP contribution in [0.25, 0.3) is 0 Å². The second-order valence-corrected chi connectivity index (χ2v) is 7.32. The molecule has 0 amide bonds. The van der Waals surface area contributed by atoms with Gasteiger partial charge in [0.2, 0.25) is 10.0 Å².